The van der Waals surface area contributed by atoms with Crippen LogP contribution in [0, 0.1) is 5.82 Å². The van der Waals surface area contributed by atoms with Gasteiger partial charge in [-0.1, -0.05) is 18.2 Å². The number of Topliss-reactive ketones (excluding diaryl/α,β-unsaturated/α-hetero) is 1. The molecular formula is C27H22FNO6. The van der Waals surface area contributed by atoms with Gasteiger partial charge in [0.05, 0.1) is 0 Å². The molecule has 178 valence electrons. The first-order valence-electron chi connectivity index (χ1n) is 11.0. The summed E-state index contributed by atoms with van der Waals surface area (Å²) in [6.07, 6.45) is 1.27. The minimum Gasteiger partial charge on any atom is -0.490 e. The Balaban J connectivity index is 1.31. The zero-order valence-electron chi connectivity index (χ0n) is 18.8. The van der Waals surface area contributed by atoms with Gasteiger partial charge in [0.1, 0.15) is 19.0 Å². The number of aliphatic carboxylic acids is 1. The maximum absolute atomic E-state index is 13.8. The summed E-state index contributed by atoms with van der Waals surface area (Å²) >= 11 is 0. The molecule has 2 atom stereocenters. The van der Waals surface area contributed by atoms with Crippen LogP contribution in [0.2, 0.25) is 0 Å². The highest BCUT2D eigenvalue weighted by Crippen LogP contribution is 2.35. The van der Waals surface area contributed by atoms with Crippen LogP contribution in [0.5, 0.6) is 17.2 Å². The van der Waals surface area contributed by atoms with E-state index in [0.717, 1.165) is 5.52 Å². The second-order valence-corrected chi connectivity index (χ2v) is 8.46. The lowest BCUT2D eigenvalue weighted by Gasteiger charge is -2.26. The zero-order chi connectivity index (χ0) is 24.6. The third kappa shape index (κ3) is 3.97. The van der Waals surface area contributed by atoms with Gasteiger partial charge in [-0.2, -0.15) is 0 Å². The van der Waals surface area contributed by atoms with Crippen molar-refractivity contribution in [1.82, 2.24) is 4.98 Å². The molecule has 2 N–H and O–H groups in total. The van der Waals surface area contributed by atoms with E-state index in [9.17, 15) is 19.1 Å². The Morgan fingerprint density at radius 1 is 1.11 bits per heavy atom. The maximum atomic E-state index is 13.8. The van der Waals surface area contributed by atoms with Gasteiger partial charge >= 0.3 is 5.97 Å². The van der Waals surface area contributed by atoms with Crippen LogP contribution >= 0.6 is 0 Å². The van der Waals surface area contributed by atoms with Gasteiger partial charge in [-0.05, 0) is 61.0 Å². The summed E-state index contributed by atoms with van der Waals surface area (Å²) in [5.41, 5.74) is -0.359. The summed E-state index contributed by atoms with van der Waals surface area (Å²) in [6, 6.07) is 17.7. The van der Waals surface area contributed by atoms with Gasteiger partial charge in [-0.15, -0.1) is 0 Å². The number of aromatic amines is 1. The number of rotatable bonds is 7. The molecule has 0 aliphatic carbocycles. The second-order valence-electron chi connectivity index (χ2n) is 8.46. The molecule has 1 unspecified atom stereocenters. The number of ketones is 1. The summed E-state index contributed by atoms with van der Waals surface area (Å²) in [6.45, 7) is 1.70. The van der Waals surface area contributed by atoms with Crippen LogP contribution < -0.4 is 14.2 Å². The fourth-order valence-electron chi connectivity index (χ4n) is 4.23. The Bertz CT molecular complexity index is 1410. The molecule has 0 radical (unpaired) electrons. The van der Waals surface area contributed by atoms with Crippen molar-refractivity contribution >= 4 is 22.7 Å². The number of carboxylic acids is 1. The molecule has 1 aliphatic rings. The van der Waals surface area contributed by atoms with Crippen LogP contribution in [0.1, 0.15) is 22.8 Å². The fourth-order valence-corrected chi connectivity index (χ4v) is 4.23. The van der Waals surface area contributed by atoms with E-state index in [1.165, 1.54) is 19.1 Å². The Morgan fingerprint density at radius 2 is 1.89 bits per heavy atom. The minimum atomic E-state index is -1.78. The third-order valence-corrected chi connectivity index (χ3v) is 6.21. The van der Waals surface area contributed by atoms with E-state index in [1.54, 1.807) is 54.7 Å². The smallest absolute Gasteiger partial charge is 0.321 e. The zero-order valence-corrected chi connectivity index (χ0v) is 18.8. The molecule has 8 heteroatoms. The first-order chi connectivity index (χ1) is 16.9. The Labute approximate surface area is 200 Å². The van der Waals surface area contributed by atoms with E-state index in [1.807, 2.05) is 6.07 Å². The summed E-state index contributed by atoms with van der Waals surface area (Å²) < 4.78 is 30.7. The minimum absolute atomic E-state index is 0.0865. The quantitative estimate of drug-likeness (QED) is 0.296. The molecule has 0 fully saturated rings. The normalized spacial score (nSPS) is 16.5. The van der Waals surface area contributed by atoms with E-state index in [4.69, 9.17) is 14.2 Å². The number of benzene rings is 3. The Morgan fingerprint density at radius 3 is 2.66 bits per heavy atom. The van der Waals surface area contributed by atoms with Crippen molar-refractivity contribution in [3.63, 3.8) is 0 Å². The largest absolute Gasteiger partial charge is 0.490 e. The molecule has 0 saturated heterocycles. The van der Waals surface area contributed by atoms with Gasteiger partial charge in [0.15, 0.2) is 34.6 Å². The predicted molar refractivity (Wildman–Crippen MR) is 126 cm³/mol. The standard InChI is InChI=1S/C27H22FNO6/c1-27(26(31)32,20-4-2-6-22-19(20)12-13-29-22)25(30)16-8-10-17(11-9-16)33-14-18-15-34-24-21(28)5-3-7-23(24)35-18/h2-13,18,29H,14-15H2,1H3,(H,31,32)/t18-,27?/m1/s1. The lowest BCUT2D eigenvalue weighted by atomic mass is 9.75. The molecular weight excluding hydrogens is 453 g/mol. The third-order valence-electron chi connectivity index (χ3n) is 6.21. The van der Waals surface area contributed by atoms with Crippen molar-refractivity contribution in [3.8, 4) is 17.2 Å². The van der Waals surface area contributed by atoms with Gasteiger partial charge in [0, 0.05) is 22.7 Å². The van der Waals surface area contributed by atoms with Gasteiger partial charge in [0.2, 0.25) is 0 Å². The van der Waals surface area contributed by atoms with E-state index < -0.39 is 29.1 Å². The highest BCUT2D eigenvalue weighted by molar-refractivity contribution is 6.18. The number of aromatic nitrogens is 1. The van der Waals surface area contributed by atoms with Crippen LogP contribution in [0.15, 0.2) is 72.9 Å². The predicted octanol–water partition coefficient (Wildman–Crippen LogP) is 4.75. The number of hydrogen-bond donors (Lipinski definition) is 2. The molecule has 5 rings (SSSR count). The second kappa shape index (κ2) is 8.79. The molecule has 2 heterocycles. The van der Waals surface area contributed by atoms with E-state index in [-0.39, 0.29) is 24.5 Å². The van der Waals surface area contributed by atoms with Crippen LogP contribution in [0.4, 0.5) is 4.39 Å². The molecule has 1 aromatic heterocycles. The summed E-state index contributed by atoms with van der Waals surface area (Å²) in [4.78, 5) is 28.8. The first kappa shape index (κ1) is 22.5. The van der Waals surface area contributed by atoms with Crippen molar-refractivity contribution in [2.45, 2.75) is 18.4 Å². The molecule has 1 aliphatic heterocycles. The number of para-hydroxylation sites is 1. The van der Waals surface area contributed by atoms with Gasteiger partial charge in [-0.25, -0.2) is 4.39 Å². The summed E-state index contributed by atoms with van der Waals surface area (Å²) in [7, 11) is 0. The number of carboxylic acid groups (broad SMARTS) is 1. The van der Waals surface area contributed by atoms with E-state index in [0.29, 0.717) is 22.4 Å². The SMILES string of the molecule is CC(C(=O)O)(C(=O)c1ccc(OC[C@@H]2COc3c(F)cccc3O2)cc1)c1cccc2[nH]ccc12. The van der Waals surface area contributed by atoms with Crippen molar-refractivity contribution in [1.29, 1.82) is 0 Å². The fraction of sp³-hybridized carbons (Fsp3) is 0.185. The molecule has 0 bridgehead atoms. The number of halogens is 1. The van der Waals surface area contributed by atoms with Crippen molar-refractivity contribution in [2.75, 3.05) is 13.2 Å². The number of carbonyl (C=O) groups excluding carboxylic acids is 1. The number of H-pyrrole nitrogens is 1. The monoisotopic (exact) mass is 475 g/mol. The molecule has 0 amide bonds. The molecule has 7 nitrogen and oxygen atoms in total. The van der Waals surface area contributed by atoms with E-state index in [2.05, 4.69) is 4.98 Å². The number of hydrogen-bond acceptors (Lipinski definition) is 5. The van der Waals surface area contributed by atoms with Crippen molar-refractivity contribution in [3.05, 3.63) is 89.9 Å². The van der Waals surface area contributed by atoms with Crippen molar-refractivity contribution < 1.29 is 33.3 Å². The summed E-state index contributed by atoms with van der Waals surface area (Å²) in [5, 5.41) is 10.8. The lowest BCUT2D eigenvalue weighted by molar-refractivity contribution is -0.141. The number of fused-ring (bicyclic) bond motifs is 2. The molecule has 3 aromatic carbocycles. The molecule has 0 spiro atoms. The van der Waals surface area contributed by atoms with Crippen LogP contribution in [0.3, 0.4) is 0 Å². The highest BCUT2D eigenvalue weighted by atomic mass is 19.1. The van der Waals surface area contributed by atoms with Crippen LogP contribution in [0.25, 0.3) is 10.9 Å². The number of ether oxygens (including phenoxy) is 3. The summed E-state index contributed by atoms with van der Waals surface area (Å²) in [5.74, 6) is -1.38. The average Bonchev–Trinajstić information content (AvgIpc) is 3.36. The highest BCUT2D eigenvalue weighted by Gasteiger charge is 2.44. The van der Waals surface area contributed by atoms with E-state index >= 15 is 0 Å². The van der Waals surface area contributed by atoms with Crippen LogP contribution in [-0.4, -0.2) is 41.2 Å². The van der Waals surface area contributed by atoms with Crippen molar-refractivity contribution in [2.24, 2.45) is 0 Å². The molecule has 4 aromatic rings. The Kier molecular flexibility index (Phi) is 5.64. The first-order valence-corrected chi connectivity index (χ1v) is 11.0. The number of carbonyl (C=O) groups is 2. The van der Waals surface area contributed by atoms with Gasteiger partial charge in [-0.3, -0.25) is 9.59 Å². The van der Waals surface area contributed by atoms with Gasteiger partial charge < -0.3 is 24.3 Å². The molecule has 35 heavy (non-hydrogen) atoms. The number of nitrogens with one attached hydrogen (secondary N) is 1. The average molecular weight is 475 g/mol. The van der Waals surface area contributed by atoms with Gasteiger partial charge in [0.25, 0.3) is 0 Å². The topological polar surface area (TPSA) is 97.8 Å². The lowest BCUT2D eigenvalue weighted by Crippen LogP contribution is -2.41. The maximum Gasteiger partial charge on any atom is 0.321 e. The molecule has 0 saturated carbocycles. The Hall–Kier alpha value is -4.33. The van der Waals surface area contributed by atoms with Crippen LogP contribution in [-0.2, 0) is 10.2 Å².